The Labute approximate surface area is 491 Å². The van der Waals surface area contributed by atoms with Crippen LogP contribution in [0.2, 0.25) is 0 Å². The molecule has 0 aromatic rings. The highest BCUT2D eigenvalue weighted by Crippen LogP contribution is 2.33. The maximum atomic E-state index is 13.3. The molecular formula is C63H115NO18. The van der Waals surface area contributed by atoms with E-state index in [-0.39, 0.29) is 18.9 Å². The summed E-state index contributed by atoms with van der Waals surface area (Å²) in [6, 6.07) is -0.985. The monoisotopic (exact) mass is 1170 g/mol. The van der Waals surface area contributed by atoms with Crippen LogP contribution >= 0.6 is 0 Å². The lowest BCUT2D eigenvalue weighted by Crippen LogP contribution is -2.66. The first-order chi connectivity index (χ1) is 39.8. The summed E-state index contributed by atoms with van der Waals surface area (Å²) in [5, 5.41) is 120. The highest BCUT2D eigenvalue weighted by molar-refractivity contribution is 5.76. The number of carbonyl (C=O) groups is 1. The number of aliphatic hydroxyl groups is 11. The van der Waals surface area contributed by atoms with Crippen LogP contribution in [0.4, 0.5) is 0 Å². The van der Waals surface area contributed by atoms with E-state index in [1.54, 1.807) is 6.08 Å². The molecule has 12 N–H and O–H groups in total. The summed E-state index contributed by atoms with van der Waals surface area (Å²) in [6.45, 7) is 1.62. The Kier molecular flexibility index (Phi) is 41.8. The van der Waals surface area contributed by atoms with E-state index in [4.69, 9.17) is 28.4 Å². The number of ether oxygens (including phenoxy) is 6. The minimum absolute atomic E-state index is 0.237. The van der Waals surface area contributed by atoms with E-state index in [1.165, 1.54) is 148 Å². The highest BCUT2D eigenvalue weighted by atomic mass is 16.8. The molecule has 17 atom stereocenters. The van der Waals surface area contributed by atoms with Crippen molar-refractivity contribution in [2.75, 3.05) is 26.4 Å². The molecular weight excluding hydrogens is 1060 g/mol. The second-order valence-electron chi connectivity index (χ2n) is 23.2. The molecule has 0 radical (unpaired) electrons. The zero-order valence-corrected chi connectivity index (χ0v) is 50.2. The molecule has 19 heteroatoms. The Morgan fingerprint density at radius 3 is 1.26 bits per heavy atom. The van der Waals surface area contributed by atoms with E-state index in [9.17, 15) is 61.0 Å². The Hall–Kier alpha value is -1.99. The smallest absolute Gasteiger partial charge is 0.220 e. The molecule has 480 valence electrons. The van der Waals surface area contributed by atoms with Gasteiger partial charge in [-0.15, -0.1) is 0 Å². The summed E-state index contributed by atoms with van der Waals surface area (Å²) in [7, 11) is 0. The van der Waals surface area contributed by atoms with Gasteiger partial charge in [0.25, 0.3) is 0 Å². The fourth-order valence-corrected chi connectivity index (χ4v) is 10.8. The van der Waals surface area contributed by atoms with Crippen molar-refractivity contribution < 1.29 is 89.4 Å². The molecule has 3 rings (SSSR count). The molecule has 82 heavy (non-hydrogen) atoms. The third-order valence-corrected chi connectivity index (χ3v) is 16.2. The predicted octanol–water partition coefficient (Wildman–Crippen LogP) is 6.88. The number of unbranched alkanes of at least 4 members (excludes halogenated alkanes) is 28. The van der Waals surface area contributed by atoms with Crippen molar-refractivity contribution in [3.05, 3.63) is 36.5 Å². The van der Waals surface area contributed by atoms with Gasteiger partial charge >= 0.3 is 0 Å². The second-order valence-corrected chi connectivity index (χ2v) is 23.2. The molecule has 0 aliphatic carbocycles. The fraction of sp³-hybridized carbons (Fsp3) is 0.889. The van der Waals surface area contributed by atoms with Crippen LogP contribution in [0.25, 0.3) is 0 Å². The van der Waals surface area contributed by atoms with Gasteiger partial charge in [-0.25, -0.2) is 0 Å². The van der Waals surface area contributed by atoms with E-state index < -0.39 is 124 Å². The van der Waals surface area contributed by atoms with E-state index in [2.05, 4.69) is 43.5 Å². The van der Waals surface area contributed by atoms with Crippen molar-refractivity contribution in [1.29, 1.82) is 0 Å². The molecule has 0 aromatic heterocycles. The van der Waals surface area contributed by atoms with E-state index in [0.717, 1.165) is 44.9 Å². The van der Waals surface area contributed by atoms with Gasteiger partial charge in [-0.05, 0) is 51.4 Å². The summed E-state index contributed by atoms with van der Waals surface area (Å²) < 4.78 is 34.2. The van der Waals surface area contributed by atoms with Gasteiger partial charge in [0.05, 0.1) is 38.6 Å². The highest BCUT2D eigenvalue weighted by Gasteiger charge is 2.53. The Morgan fingerprint density at radius 1 is 0.427 bits per heavy atom. The van der Waals surface area contributed by atoms with Gasteiger partial charge in [0, 0.05) is 6.42 Å². The lowest BCUT2D eigenvalue weighted by Gasteiger charge is -2.48. The number of carbonyl (C=O) groups excluding carboxylic acids is 1. The van der Waals surface area contributed by atoms with Crippen molar-refractivity contribution in [3.63, 3.8) is 0 Å². The Morgan fingerprint density at radius 2 is 0.793 bits per heavy atom. The van der Waals surface area contributed by atoms with Gasteiger partial charge in [-0.3, -0.25) is 4.79 Å². The molecule has 0 saturated carbocycles. The van der Waals surface area contributed by atoms with Crippen molar-refractivity contribution in [2.45, 2.75) is 330 Å². The largest absolute Gasteiger partial charge is 0.394 e. The minimum Gasteiger partial charge on any atom is -0.394 e. The SMILES string of the molecule is CCCC/C=C/CC/C=C/C(O)C(COC1OC(CO)C(OC2OC(CO)C(OC3OC(CO)C(O)C(O)C3O)C(O)C2O)C(O)C1O)NC(=O)CCCCCCCCCCCCCCCCCCC/C=C\CCCCCCCCCC. The maximum Gasteiger partial charge on any atom is 0.220 e. The van der Waals surface area contributed by atoms with Crippen molar-refractivity contribution >= 4 is 5.91 Å². The topological polar surface area (TPSA) is 307 Å². The van der Waals surface area contributed by atoms with Crippen molar-refractivity contribution in [2.24, 2.45) is 0 Å². The summed E-state index contributed by atoms with van der Waals surface area (Å²) in [6.07, 6.45) is 24.7. The van der Waals surface area contributed by atoms with Gasteiger partial charge in [0.15, 0.2) is 18.9 Å². The fourth-order valence-electron chi connectivity index (χ4n) is 10.8. The Bertz CT molecular complexity index is 1640. The average Bonchev–Trinajstić information content (AvgIpc) is 3.62. The first kappa shape index (κ1) is 74.3. The predicted molar refractivity (Wildman–Crippen MR) is 314 cm³/mol. The number of hydrogen-bond acceptors (Lipinski definition) is 18. The number of amides is 1. The number of hydrogen-bond donors (Lipinski definition) is 12. The van der Waals surface area contributed by atoms with Gasteiger partial charge < -0.3 is 89.9 Å². The molecule has 0 bridgehead atoms. The van der Waals surface area contributed by atoms with E-state index >= 15 is 0 Å². The number of rotatable bonds is 48. The van der Waals surface area contributed by atoms with Crippen LogP contribution in [0.5, 0.6) is 0 Å². The molecule has 3 heterocycles. The maximum absolute atomic E-state index is 13.3. The number of aliphatic hydroxyl groups excluding tert-OH is 11. The first-order valence-corrected chi connectivity index (χ1v) is 32.2. The molecule has 3 fully saturated rings. The molecule has 17 unspecified atom stereocenters. The van der Waals surface area contributed by atoms with Gasteiger partial charge in [-0.2, -0.15) is 0 Å². The second kappa shape index (κ2) is 46.2. The zero-order chi connectivity index (χ0) is 59.7. The van der Waals surface area contributed by atoms with Gasteiger partial charge in [0.2, 0.25) is 5.91 Å². The minimum atomic E-state index is -1.98. The van der Waals surface area contributed by atoms with Gasteiger partial charge in [0.1, 0.15) is 73.2 Å². The molecule has 3 aliphatic heterocycles. The molecule has 0 aromatic carbocycles. The molecule has 0 spiro atoms. The average molecular weight is 1170 g/mol. The first-order valence-electron chi connectivity index (χ1n) is 32.2. The van der Waals surface area contributed by atoms with Crippen LogP contribution in [-0.2, 0) is 33.2 Å². The van der Waals surface area contributed by atoms with E-state index in [0.29, 0.717) is 12.8 Å². The third kappa shape index (κ3) is 29.1. The lowest BCUT2D eigenvalue weighted by molar-refractivity contribution is -0.379. The lowest BCUT2D eigenvalue weighted by atomic mass is 9.96. The summed E-state index contributed by atoms with van der Waals surface area (Å²) in [4.78, 5) is 13.3. The third-order valence-electron chi connectivity index (χ3n) is 16.2. The summed E-state index contributed by atoms with van der Waals surface area (Å²) in [5.41, 5.74) is 0. The number of allylic oxidation sites excluding steroid dienone is 5. The van der Waals surface area contributed by atoms with Crippen LogP contribution in [0.15, 0.2) is 36.5 Å². The quantitative estimate of drug-likeness (QED) is 0.0218. The van der Waals surface area contributed by atoms with Crippen molar-refractivity contribution in [1.82, 2.24) is 5.32 Å². The van der Waals surface area contributed by atoms with Crippen LogP contribution in [0.1, 0.15) is 226 Å². The summed E-state index contributed by atoms with van der Waals surface area (Å²) in [5.74, 6) is -0.287. The normalized spacial score (nSPS) is 29.8. The standard InChI is InChI=1S/C63H115NO18/c1-3-5-7-9-11-13-14-15-16-17-18-19-20-21-22-23-24-25-26-27-28-29-30-31-32-33-35-37-39-41-51(69)64-46(47(68)40-38-36-34-12-10-8-6-4-2)45-77-61-57(75)54(72)59(49(43-66)79-61)82-63-58(76)55(73)60(50(44-67)80-63)81-62-56(74)53(71)52(70)48(42-65)78-62/h10,12,17-18,38,40,46-50,52-63,65-68,70-76H,3-9,11,13-16,19-37,39,41-45H2,1-2H3,(H,64,69)/b12-10+,18-17-,40-38+. The van der Waals surface area contributed by atoms with Crippen molar-refractivity contribution in [3.8, 4) is 0 Å². The molecule has 3 aliphatic rings. The van der Waals surface area contributed by atoms with Crippen LogP contribution < -0.4 is 5.32 Å². The van der Waals surface area contributed by atoms with E-state index in [1.807, 2.05) is 6.08 Å². The van der Waals surface area contributed by atoms with Crippen LogP contribution in [-0.4, -0.2) is 193 Å². The zero-order valence-electron chi connectivity index (χ0n) is 50.2. The molecule has 1 amide bonds. The van der Waals surface area contributed by atoms with Crippen LogP contribution in [0, 0.1) is 0 Å². The summed E-state index contributed by atoms with van der Waals surface area (Å²) >= 11 is 0. The Balaban J connectivity index is 1.35. The van der Waals surface area contributed by atoms with Gasteiger partial charge in [-0.1, -0.05) is 204 Å². The molecule has 3 saturated heterocycles. The van der Waals surface area contributed by atoms with Crippen LogP contribution in [0.3, 0.4) is 0 Å². The number of nitrogens with one attached hydrogen (secondary N) is 1. The molecule has 19 nitrogen and oxygen atoms in total.